The monoisotopic (exact) mass is 190 g/mol. The van der Waals surface area contributed by atoms with Crippen molar-refractivity contribution in [2.75, 3.05) is 0 Å². The zero-order chi connectivity index (χ0) is 9.97. The van der Waals surface area contributed by atoms with Gasteiger partial charge in [-0.05, 0) is 29.5 Å². The molecule has 0 amide bonds. The Balaban J connectivity index is 2.36. The van der Waals surface area contributed by atoms with Crippen molar-refractivity contribution in [1.29, 1.82) is 0 Å². The van der Waals surface area contributed by atoms with Crippen LogP contribution in [0.2, 0.25) is 0 Å². The van der Waals surface area contributed by atoms with E-state index in [0.717, 1.165) is 0 Å². The second-order valence-corrected chi connectivity index (χ2v) is 2.58. The van der Waals surface area contributed by atoms with Crippen molar-refractivity contribution in [2.45, 2.75) is 0 Å². The molecule has 14 heavy (non-hydrogen) atoms. The number of nitrogens with zero attached hydrogens (tertiary/aromatic N) is 4. The van der Waals surface area contributed by atoms with Crippen LogP contribution in [0, 0.1) is 0 Å². The largest absolute Gasteiger partial charge is 0.478 e. The van der Waals surface area contributed by atoms with Crippen molar-refractivity contribution >= 4 is 5.97 Å². The molecule has 0 spiro atoms. The number of tetrazole rings is 1. The van der Waals surface area contributed by atoms with Crippen LogP contribution in [0.4, 0.5) is 0 Å². The number of carbonyl (C=O) groups is 1. The summed E-state index contributed by atoms with van der Waals surface area (Å²) in [6.07, 6.45) is 1.31. The maximum Gasteiger partial charge on any atom is 0.335 e. The first kappa shape index (κ1) is 8.36. The lowest BCUT2D eigenvalue weighted by molar-refractivity contribution is 0.0697. The van der Waals surface area contributed by atoms with E-state index in [4.69, 9.17) is 5.11 Å². The van der Waals surface area contributed by atoms with E-state index >= 15 is 0 Å². The zero-order valence-electron chi connectivity index (χ0n) is 7.03. The van der Waals surface area contributed by atoms with Crippen molar-refractivity contribution in [2.24, 2.45) is 0 Å². The molecule has 0 bridgehead atoms. The summed E-state index contributed by atoms with van der Waals surface area (Å²) in [6.45, 7) is 0. The van der Waals surface area contributed by atoms with Crippen LogP contribution in [0.15, 0.2) is 30.6 Å². The van der Waals surface area contributed by atoms with Gasteiger partial charge in [-0.1, -0.05) is 0 Å². The van der Waals surface area contributed by atoms with E-state index in [1.54, 1.807) is 12.1 Å². The Hall–Kier alpha value is -2.24. The number of hydrogen-bond acceptors (Lipinski definition) is 4. The average molecular weight is 190 g/mol. The van der Waals surface area contributed by atoms with E-state index in [2.05, 4.69) is 15.4 Å². The van der Waals surface area contributed by atoms with E-state index < -0.39 is 5.97 Å². The molecule has 6 nitrogen and oxygen atoms in total. The first-order valence-electron chi connectivity index (χ1n) is 3.84. The fourth-order valence-corrected chi connectivity index (χ4v) is 1.02. The van der Waals surface area contributed by atoms with E-state index in [1.807, 2.05) is 0 Å². The highest BCUT2D eigenvalue weighted by molar-refractivity contribution is 5.87. The van der Waals surface area contributed by atoms with Gasteiger partial charge in [-0.15, -0.1) is 15.0 Å². The summed E-state index contributed by atoms with van der Waals surface area (Å²) in [5, 5.41) is 19.7. The molecule has 2 aromatic rings. The molecule has 0 aliphatic rings. The number of carboxylic acids is 1. The molecule has 0 aliphatic carbocycles. The molecular weight excluding hydrogens is 184 g/mol. The second kappa shape index (κ2) is 3.25. The molecule has 0 saturated carbocycles. The predicted octanol–water partition coefficient (Wildman–Crippen LogP) is 0.360. The first-order valence-corrected chi connectivity index (χ1v) is 3.84. The van der Waals surface area contributed by atoms with Crippen LogP contribution in [0.3, 0.4) is 0 Å². The topological polar surface area (TPSA) is 80.9 Å². The summed E-state index contributed by atoms with van der Waals surface area (Å²) in [5.41, 5.74) is 0.904. The molecule has 1 heterocycles. The van der Waals surface area contributed by atoms with Crippen molar-refractivity contribution in [3.63, 3.8) is 0 Å². The molecule has 2 rings (SSSR count). The van der Waals surface area contributed by atoms with Gasteiger partial charge in [0.1, 0.15) is 0 Å². The SMILES string of the molecule is O=C(O)c1ccc(-n2ncnn2)cc1. The number of benzene rings is 1. The third-order valence-corrected chi connectivity index (χ3v) is 1.69. The molecule has 0 saturated heterocycles. The molecule has 1 aromatic heterocycles. The molecule has 70 valence electrons. The Morgan fingerprint density at radius 1 is 1.29 bits per heavy atom. The maximum absolute atomic E-state index is 10.5. The van der Waals surface area contributed by atoms with Crippen LogP contribution in [-0.4, -0.2) is 31.3 Å². The number of aromatic carboxylic acids is 1. The van der Waals surface area contributed by atoms with E-state index in [9.17, 15) is 4.79 Å². The minimum atomic E-state index is -0.955. The molecule has 0 unspecified atom stereocenters. The van der Waals surface area contributed by atoms with Crippen molar-refractivity contribution in [1.82, 2.24) is 20.2 Å². The molecule has 6 heteroatoms. The number of rotatable bonds is 2. The van der Waals surface area contributed by atoms with Crippen LogP contribution in [0.1, 0.15) is 10.4 Å². The molecule has 0 aliphatic heterocycles. The highest BCUT2D eigenvalue weighted by Gasteiger charge is 2.03. The summed E-state index contributed by atoms with van der Waals surface area (Å²) >= 11 is 0. The van der Waals surface area contributed by atoms with Crippen LogP contribution in [-0.2, 0) is 0 Å². The highest BCUT2D eigenvalue weighted by Crippen LogP contribution is 2.06. The summed E-state index contributed by atoms with van der Waals surface area (Å²) < 4.78 is 0. The Labute approximate surface area is 78.8 Å². The Morgan fingerprint density at radius 2 is 2.00 bits per heavy atom. The zero-order valence-corrected chi connectivity index (χ0v) is 7.03. The number of aromatic nitrogens is 4. The average Bonchev–Trinajstić information content (AvgIpc) is 2.71. The van der Waals surface area contributed by atoms with Crippen molar-refractivity contribution in [3.8, 4) is 5.69 Å². The molecular formula is C8H6N4O2. The Kier molecular flexibility index (Phi) is 1.94. The van der Waals surface area contributed by atoms with Crippen molar-refractivity contribution in [3.05, 3.63) is 36.2 Å². The smallest absolute Gasteiger partial charge is 0.335 e. The minimum absolute atomic E-state index is 0.230. The standard InChI is InChI=1S/C8H6N4O2/c13-8(14)6-1-3-7(4-2-6)12-10-5-9-11-12/h1-5H,(H,13,14). The van der Waals surface area contributed by atoms with Gasteiger partial charge in [0.2, 0.25) is 0 Å². The quantitative estimate of drug-likeness (QED) is 0.739. The van der Waals surface area contributed by atoms with E-state index in [-0.39, 0.29) is 5.56 Å². The molecule has 0 fully saturated rings. The maximum atomic E-state index is 10.5. The fourth-order valence-electron chi connectivity index (χ4n) is 1.02. The molecule has 0 radical (unpaired) electrons. The van der Waals surface area contributed by atoms with E-state index in [0.29, 0.717) is 5.69 Å². The van der Waals surface area contributed by atoms with Gasteiger partial charge < -0.3 is 5.11 Å². The molecule has 0 atom stereocenters. The fraction of sp³-hybridized carbons (Fsp3) is 0. The second-order valence-electron chi connectivity index (χ2n) is 2.58. The molecule has 1 aromatic carbocycles. The van der Waals surface area contributed by atoms with Gasteiger partial charge in [0, 0.05) is 0 Å². The number of carboxylic acid groups (broad SMARTS) is 1. The Morgan fingerprint density at radius 3 is 2.50 bits per heavy atom. The lowest BCUT2D eigenvalue weighted by Gasteiger charge is -1.98. The lowest BCUT2D eigenvalue weighted by Crippen LogP contribution is -2.00. The third-order valence-electron chi connectivity index (χ3n) is 1.69. The van der Waals surface area contributed by atoms with Crippen LogP contribution < -0.4 is 0 Å². The minimum Gasteiger partial charge on any atom is -0.478 e. The van der Waals surface area contributed by atoms with Gasteiger partial charge in [0.05, 0.1) is 11.3 Å². The normalized spacial score (nSPS) is 10.0. The third kappa shape index (κ3) is 1.45. The van der Waals surface area contributed by atoms with Crippen LogP contribution >= 0.6 is 0 Å². The summed E-state index contributed by atoms with van der Waals surface area (Å²) in [4.78, 5) is 11.9. The van der Waals surface area contributed by atoms with Gasteiger partial charge in [-0.25, -0.2) is 4.79 Å². The molecule has 1 N–H and O–H groups in total. The van der Waals surface area contributed by atoms with Gasteiger partial charge in [-0.2, -0.15) is 0 Å². The van der Waals surface area contributed by atoms with Crippen LogP contribution in [0.5, 0.6) is 0 Å². The van der Waals surface area contributed by atoms with Gasteiger partial charge in [-0.3, -0.25) is 0 Å². The predicted molar refractivity (Wildman–Crippen MR) is 46.1 cm³/mol. The van der Waals surface area contributed by atoms with Gasteiger partial charge in [0.25, 0.3) is 0 Å². The van der Waals surface area contributed by atoms with Crippen LogP contribution in [0.25, 0.3) is 5.69 Å². The summed E-state index contributed by atoms with van der Waals surface area (Å²) in [6, 6.07) is 6.21. The number of hydrogen-bond donors (Lipinski definition) is 1. The lowest BCUT2D eigenvalue weighted by atomic mass is 10.2. The Bertz CT molecular complexity index is 435. The van der Waals surface area contributed by atoms with Gasteiger partial charge >= 0.3 is 5.97 Å². The van der Waals surface area contributed by atoms with Gasteiger partial charge in [0.15, 0.2) is 6.33 Å². The summed E-state index contributed by atoms with van der Waals surface area (Å²) in [7, 11) is 0. The summed E-state index contributed by atoms with van der Waals surface area (Å²) in [5.74, 6) is -0.955. The van der Waals surface area contributed by atoms with E-state index in [1.165, 1.54) is 23.3 Å². The van der Waals surface area contributed by atoms with Crippen molar-refractivity contribution < 1.29 is 9.90 Å². The first-order chi connectivity index (χ1) is 6.77. The highest BCUT2D eigenvalue weighted by atomic mass is 16.4.